The Hall–Kier alpha value is -3.86. The number of benzene rings is 2. The van der Waals surface area contributed by atoms with Crippen molar-refractivity contribution in [1.29, 1.82) is 0 Å². The lowest BCUT2D eigenvalue weighted by Crippen LogP contribution is -2.34. The highest BCUT2D eigenvalue weighted by atomic mass is 16.3. The minimum atomic E-state index is -2.25. The summed E-state index contributed by atoms with van der Waals surface area (Å²) in [6.45, 7) is 3.69. The summed E-state index contributed by atoms with van der Waals surface area (Å²) < 4.78 is 36.1. The third kappa shape index (κ3) is 2.59. The van der Waals surface area contributed by atoms with Crippen molar-refractivity contribution in [1.82, 2.24) is 14.0 Å². The zero-order valence-electron chi connectivity index (χ0n) is 22.4. The summed E-state index contributed by atoms with van der Waals surface area (Å²) in [5.41, 5.74) is 8.69. The van der Waals surface area contributed by atoms with E-state index >= 15 is 0 Å². The normalized spacial score (nSPS) is 13.7. The maximum atomic E-state index is 7.86. The van der Waals surface area contributed by atoms with E-state index in [2.05, 4.69) is 59.9 Å². The minimum absolute atomic E-state index is 0.146. The van der Waals surface area contributed by atoms with Gasteiger partial charge in [0, 0.05) is 39.8 Å². The topological polar surface area (TPSA) is 39.2 Å². The minimum Gasteiger partial charge on any atom is -0.455 e. The molecule has 0 fully saturated rings. The maximum Gasteiger partial charge on any atom is 0.231 e. The first-order valence-electron chi connectivity index (χ1n) is 12.5. The number of aryl methyl sites for hydroxylation is 5. The van der Waals surface area contributed by atoms with E-state index in [1.165, 1.54) is 0 Å². The Bertz CT molecular complexity index is 1840. The van der Waals surface area contributed by atoms with Gasteiger partial charge < -0.3 is 8.98 Å². The van der Waals surface area contributed by atoms with Crippen LogP contribution in [0.5, 0.6) is 0 Å². The van der Waals surface area contributed by atoms with Crippen molar-refractivity contribution < 1.29 is 13.1 Å². The van der Waals surface area contributed by atoms with Crippen molar-refractivity contribution in [2.24, 2.45) is 14.1 Å². The number of furan rings is 1. The molecule has 0 radical (unpaired) electrons. The first-order chi connectivity index (χ1) is 17.1. The first-order valence-corrected chi connectivity index (χ1v) is 11.0. The molecule has 5 nitrogen and oxygen atoms in total. The fourth-order valence-electron chi connectivity index (χ4n) is 5.20. The van der Waals surface area contributed by atoms with Gasteiger partial charge in [-0.1, -0.05) is 30.3 Å². The first kappa shape index (κ1) is 16.7. The van der Waals surface area contributed by atoms with Crippen LogP contribution in [0.15, 0.2) is 59.0 Å². The van der Waals surface area contributed by atoms with Gasteiger partial charge in [0.25, 0.3) is 0 Å². The number of fused-ring (bicyclic) bond motifs is 4. The Balaban J connectivity index is 1.61. The summed E-state index contributed by atoms with van der Waals surface area (Å²) in [5, 5.41) is 2.20. The quantitative estimate of drug-likeness (QED) is 0.313. The second-order valence-corrected chi connectivity index (χ2v) is 8.76. The van der Waals surface area contributed by atoms with Crippen LogP contribution >= 0.6 is 0 Å². The Morgan fingerprint density at radius 1 is 0.909 bits per heavy atom. The zero-order valence-corrected chi connectivity index (χ0v) is 19.4. The molecule has 0 N–H and O–H groups in total. The largest absolute Gasteiger partial charge is 0.455 e. The molecule has 4 aromatic heterocycles. The summed E-state index contributed by atoms with van der Waals surface area (Å²) in [6, 6.07) is 18.7. The average Bonchev–Trinajstić information content (AvgIpc) is 3.45. The number of nitrogens with zero attached hydrogens (tertiary/aromatic N) is 4. The molecule has 4 heterocycles. The third-order valence-corrected chi connectivity index (χ3v) is 6.89. The molecule has 0 aliphatic carbocycles. The van der Waals surface area contributed by atoms with E-state index in [0.717, 1.165) is 55.8 Å². The van der Waals surface area contributed by atoms with Crippen LogP contribution in [-0.2, 0) is 14.1 Å². The summed E-state index contributed by atoms with van der Waals surface area (Å²) in [6.07, 6.45) is 0. The highest BCUT2D eigenvalue weighted by Crippen LogP contribution is 2.37. The number of hydrogen-bond acceptors (Lipinski definition) is 2. The predicted octanol–water partition coefficient (Wildman–Crippen LogP) is 5.96. The van der Waals surface area contributed by atoms with E-state index in [1.807, 2.05) is 48.1 Å². The smallest absolute Gasteiger partial charge is 0.231 e. The summed E-state index contributed by atoms with van der Waals surface area (Å²) >= 11 is 0. The molecule has 6 rings (SSSR count). The summed E-state index contributed by atoms with van der Waals surface area (Å²) in [5.74, 6) is 0.618. The van der Waals surface area contributed by atoms with Gasteiger partial charge in [-0.3, -0.25) is 4.40 Å². The van der Waals surface area contributed by atoms with E-state index in [9.17, 15) is 0 Å². The van der Waals surface area contributed by atoms with Gasteiger partial charge in [-0.2, -0.15) is 4.57 Å². The molecule has 33 heavy (non-hydrogen) atoms. The molecule has 0 bridgehead atoms. The van der Waals surface area contributed by atoms with Crippen LogP contribution in [0, 0.1) is 27.6 Å². The SMILES string of the molecule is [2H]C([2H])([2H])c1nc2n(C)c(-c3cccc(-c4c(C)ccc5c4oc4ccccc45)[n+]3C)c(C)n2c1C. The van der Waals surface area contributed by atoms with Crippen molar-refractivity contribution in [2.45, 2.75) is 27.6 Å². The molecule has 0 saturated carbocycles. The number of aromatic nitrogens is 4. The van der Waals surface area contributed by atoms with Crippen LogP contribution in [0.1, 0.15) is 26.8 Å². The molecule has 0 saturated heterocycles. The standard InChI is InChI=1S/C28H27N4O/c1-16-14-15-21-20-10-7-8-13-24(20)33-27(21)25(16)22-11-9-12-23(30(22)5)26-19(4)32-18(3)17(2)29-28(32)31(26)6/h7-15H,1-6H3/q+1/i2D3. The third-order valence-electron chi connectivity index (χ3n) is 6.89. The van der Waals surface area contributed by atoms with Gasteiger partial charge in [0.2, 0.25) is 17.2 Å². The zero-order chi connectivity index (χ0) is 25.5. The lowest BCUT2D eigenvalue weighted by molar-refractivity contribution is -0.649. The van der Waals surface area contributed by atoms with Gasteiger partial charge in [-0.05, 0) is 45.3 Å². The molecule has 0 spiro atoms. The average molecular weight is 439 g/mol. The van der Waals surface area contributed by atoms with E-state index in [1.54, 1.807) is 0 Å². The Labute approximate surface area is 196 Å². The summed E-state index contributed by atoms with van der Waals surface area (Å²) in [7, 11) is 3.99. The Kier molecular flexibility index (Phi) is 3.46. The second kappa shape index (κ2) is 6.82. The number of para-hydroxylation sites is 1. The Morgan fingerprint density at radius 3 is 2.48 bits per heavy atom. The molecular formula is C28H27N4O+. The fourth-order valence-corrected chi connectivity index (χ4v) is 5.20. The van der Waals surface area contributed by atoms with Crippen molar-refractivity contribution in [3.05, 3.63) is 77.2 Å². The lowest BCUT2D eigenvalue weighted by Gasteiger charge is -2.09. The molecule has 0 amide bonds. The molecule has 164 valence electrons. The molecule has 2 aromatic carbocycles. The van der Waals surface area contributed by atoms with Crippen molar-refractivity contribution in [3.63, 3.8) is 0 Å². The van der Waals surface area contributed by atoms with E-state index in [4.69, 9.17) is 8.53 Å². The highest BCUT2D eigenvalue weighted by molar-refractivity contribution is 6.09. The van der Waals surface area contributed by atoms with Crippen molar-refractivity contribution in [3.8, 4) is 22.6 Å². The van der Waals surface area contributed by atoms with Crippen LogP contribution in [0.4, 0.5) is 0 Å². The number of rotatable bonds is 2. The number of pyridine rings is 1. The molecule has 6 aromatic rings. The van der Waals surface area contributed by atoms with Gasteiger partial charge >= 0.3 is 0 Å². The van der Waals surface area contributed by atoms with Gasteiger partial charge in [0.1, 0.15) is 23.9 Å². The van der Waals surface area contributed by atoms with Crippen molar-refractivity contribution in [2.75, 3.05) is 0 Å². The van der Waals surface area contributed by atoms with Crippen LogP contribution < -0.4 is 4.57 Å². The highest BCUT2D eigenvalue weighted by Gasteiger charge is 2.27. The van der Waals surface area contributed by atoms with E-state index < -0.39 is 6.85 Å². The lowest BCUT2D eigenvalue weighted by atomic mass is 10.00. The molecule has 0 atom stereocenters. The van der Waals surface area contributed by atoms with E-state index in [-0.39, 0.29) is 5.69 Å². The van der Waals surface area contributed by atoms with Crippen molar-refractivity contribution >= 4 is 27.7 Å². The number of hydrogen-bond donors (Lipinski definition) is 0. The monoisotopic (exact) mass is 438 g/mol. The fraction of sp³-hybridized carbons (Fsp3) is 0.214. The van der Waals surface area contributed by atoms with Gasteiger partial charge in [-0.25, -0.2) is 4.98 Å². The van der Waals surface area contributed by atoms with E-state index in [0.29, 0.717) is 11.5 Å². The molecule has 0 aliphatic heterocycles. The van der Waals surface area contributed by atoms with Crippen LogP contribution in [0.3, 0.4) is 0 Å². The molecular weight excluding hydrogens is 408 g/mol. The Morgan fingerprint density at radius 2 is 1.70 bits per heavy atom. The predicted molar refractivity (Wildman–Crippen MR) is 132 cm³/mol. The molecule has 0 aliphatic rings. The van der Waals surface area contributed by atoms with Gasteiger partial charge in [-0.15, -0.1) is 0 Å². The second-order valence-electron chi connectivity index (χ2n) is 8.76. The molecule has 5 heteroatoms. The van der Waals surface area contributed by atoms with Crippen LogP contribution in [0.2, 0.25) is 0 Å². The summed E-state index contributed by atoms with van der Waals surface area (Å²) in [4.78, 5) is 4.52. The number of imidazole rings is 2. The van der Waals surface area contributed by atoms with Crippen LogP contribution in [0.25, 0.3) is 50.4 Å². The van der Waals surface area contributed by atoms with Gasteiger partial charge in [0.05, 0.1) is 17.0 Å². The van der Waals surface area contributed by atoms with Gasteiger partial charge in [0.15, 0.2) is 0 Å². The van der Waals surface area contributed by atoms with Crippen LogP contribution in [-0.4, -0.2) is 14.0 Å². The molecule has 0 unspecified atom stereocenters. The maximum absolute atomic E-state index is 7.86.